The molecule has 1 saturated heterocycles. The summed E-state index contributed by atoms with van der Waals surface area (Å²) in [4.78, 5) is 13.2. The molecule has 2 aromatic rings. The number of alkyl halides is 3. The predicted octanol–water partition coefficient (Wildman–Crippen LogP) is 5.02. The van der Waals surface area contributed by atoms with Crippen LogP contribution in [-0.4, -0.2) is 35.6 Å². The van der Waals surface area contributed by atoms with E-state index in [4.69, 9.17) is 9.84 Å². The van der Waals surface area contributed by atoms with Crippen LogP contribution in [0.5, 0.6) is 5.75 Å². The van der Waals surface area contributed by atoms with Gasteiger partial charge in [0.05, 0.1) is 11.5 Å². The van der Waals surface area contributed by atoms with Crippen molar-refractivity contribution in [1.82, 2.24) is 4.90 Å². The molecule has 164 valence electrons. The number of hydrogen-bond acceptors (Lipinski definition) is 3. The predicted molar refractivity (Wildman–Crippen MR) is 111 cm³/mol. The number of hydrogen-bond donors (Lipinski definition) is 1. The third-order valence-electron chi connectivity index (χ3n) is 6.11. The minimum absolute atomic E-state index is 0.205. The van der Waals surface area contributed by atoms with Crippen molar-refractivity contribution in [2.45, 2.75) is 32.5 Å². The first kappa shape index (κ1) is 21.4. The van der Waals surface area contributed by atoms with E-state index in [1.54, 1.807) is 0 Å². The quantitative estimate of drug-likeness (QED) is 0.698. The van der Waals surface area contributed by atoms with Gasteiger partial charge in [-0.1, -0.05) is 23.8 Å². The fourth-order valence-corrected chi connectivity index (χ4v) is 4.18. The fourth-order valence-electron chi connectivity index (χ4n) is 4.18. The van der Waals surface area contributed by atoms with Crippen LogP contribution in [0, 0.1) is 5.92 Å². The molecule has 0 atom stereocenters. The van der Waals surface area contributed by atoms with Gasteiger partial charge < -0.3 is 9.84 Å². The lowest BCUT2D eigenvalue weighted by Gasteiger charge is -2.38. The maximum Gasteiger partial charge on any atom is 0.416 e. The molecule has 31 heavy (non-hydrogen) atoms. The van der Waals surface area contributed by atoms with Crippen molar-refractivity contribution in [3.8, 4) is 5.75 Å². The molecule has 2 aliphatic rings. The van der Waals surface area contributed by atoms with Gasteiger partial charge in [0, 0.05) is 19.6 Å². The number of rotatable bonds is 6. The summed E-state index contributed by atoms with van der Waals surface area (Å²) in [5.74, 6) is -0.275. The molecular weight excluding hydrogens is 407 g/mol. The molecule has 0 radical (unpaired) electrons. The SMILES string of the molecule is CC1=C(CN2CC(C(=O)O)C2)CCc2cc(OCc3ccc(C(F)(F)F)cc3)ccc21. The van der Waals surface area contributed by atoms with Crippen LogP contribution in [0.2, 0.25) is 0 Å². The Hall–Kier alpha value is -2.80. The Bertz CT molecular complexity index is 1010. The molecule has 1 aliphatic heterocycles. The van der Waals surface area contributed by atoms with Gasteiger partial charge in [-0.2, -0.15) is 13.2 Å². The van der Waals surface area contributed by atoms with E-state index >= 15 is 0 Å². The molecule has 0 bridgehead atoms. The molecule has 4 rings (SSSR count). The molecule has 2 aromatic carbocycles. The molecule has 1 heterocycles. The number of aryl methyl sites for hydroxylation is 1. The average Bonchev–Trinajstić information content (AvgIpc) is 2.69. The number of benzene rings is 2. The van der Waals surface area contributed by atoms with Crippen molar-refractivity contribution in [2.75, 3.05) is 19.6 Å². The van der Waals surface area contributed by atoms with Gasteiger partial charge in [0.25, 0.3) is 0 Å². The van der Waals surface area contributed by atoms with Crippen molar-refractivity contribution in [1.29, 1.82) is 0 Å². The number of fused-ring (bicyclic) bond motifs is 1. The average molecular weight is 431 g/mol. The van der Waals surface area contributed by atoms with E-state index in [1.165, 1.54) is 34.4 Å². The Labute approximate surface area is 178 Å². The molecule has 7 heteroatoms. The molecule has 0 aromatic heterocycles. The number of ether oxygens (including phenoxy) is 1. The van der Waals surface area contributed by atoms with Crippen LogP contribution in [0.15, 0.2) is 48.0 Å². The third-order valence-corrected chi connectivity index (χ3v) is 6.11. The molecule has 0 amide bonds. The van der Waals surface area contributed by atoms with E-state index < -0.39 is 17.7 Å². The van der Waals surface area contributed by atoms with Crippen LogP contribution in [0.4, 0.5) is 13.2 Å². The molecule has 1 fully saturated rings. The van der Waals surface area contributed by atoms with E-state index in [2.05, 4.69) is 11.8 Å². The molecule has 0 saturated carbocycles. The Kier molecular flexibility index (Phi) is 5.79. The van der Waals surface area contributed by atoms with Gasteiger partial charge in [-0.05, 0) is 66.3 Å². The summed E-state index contributed by atoms with van der Waals surface area (Å²) >= 11 is 0. The number of halogens is 3. The van der Waals surface area contributed by atoms with E-state index in [9.17, 15) is 18.0 Å². The lowest BCUT2D eigenvalue weighted by molar-refractivity contribution is -0.147. The first-order valence-corrected chi connectivity index (χ1v) is 10.3. The third kappa shape index (κ3) is 4.77. The Morgan fingerprint density at radius 2 is 1.84 bits per heavy atom. The largest absolute Gasteiger partial charge is 0.489 e. The van der Waals surface area contributed by atoms with Crippen molar-refractivity contribution < 1.29 is 27.8 Å². The number of carbonyl (C=O) groups is 1. The minimum Gasteiger partial charge on any atom is -0.489 e. The van der Waals surface area contributed by atoms with Crippen LogP contribution in [-0.2, 0) is 24.0 Å². The van der Waals surface area contributed by atoms with Gasteiger partial charge in [-0.25, -0.2) is 0 Å². The van der Waals surface area contributed by atoms with Gasteiger partial charge in [0.15, 0.2) is 0 Å². The van der Waals surface area contributed by atoms with Crippen LogP contribution < -0.4 is 4.74 Å². The molecule has 4 nitrogen and oxygen atoms in total. The van der Waals surface area contributed by atoms with Gasteiger partial charge in [-0.3, -0.25) is 9.69 Å². The number of likely N-dealkylation sites (tertiary alicyclic amines) is 1. The standard InChI is InChI=1S/C24H24F3NO3/c1-15-18(11-28-12-19(13-28)23(29)30)5-4-17-10-21(8-9-22(15)17)31-14-16-2-6-20(7-3-16)24(25,26)27/h2-3,6-10,19H,4-5,11-14H2,1H3,(H,29,30). The number of aliphatic carboxylic acids is 1. The highest BCUT2D eigenvalue weighted by molar-refractivity contribution is 5.73. The number of allylic oxidation sites excluding steroid dienone is 1. The molecule has 0 unspecified atom stereocenters. The minimum atomic E-state index is -4.34. The zero-order chi connectivity index (χ0) is 22.2. The highest BCUT2D eigenvalue weighted by Gasteiger charge is 2.33. The Balaban J connectivity index is 1.38. The zero-order valence-electron chi connectivity index (χ0n) is 17.2. The van der Waals surface area contributed by atoms with Crippen LogP contribution in [0.1, 0.15) is 35.6 Å². The second kappa shape index (κ2) is 8.38. The van der Waals surface area contributed by atoms with Crippen molar-refractivity contribution in [3.63, 3.8) is 0 Å². The first-order chi connectivity index (χ1) is 14.7. The highest BCUT2D eigenvalue weighted by Crippen LogP contribution is 2.35. The zero-order valence-corrected chi connectivity index (χ0v) is 17.2. The van der Waals surface area contributed by atoms with E-state index in [0.717, 1.165) is 31.5 Å². The van der Waals surface area contributed by atoms with Crippen LogP contribution in [0.25, 0.3) is 5.57 Å². The second-order valence-corrected chi connectivity index (χ2v) is 8.26. The summed E-state index contributed by atoms with van der Waals surface area (Å²) in [7, 11) is 0. The molecule has 1 aliphatic carbocycles. The van der Waals surface area contributed by atoms with Gasteiger partial charge >= 0.3 is 12.1 Å². The van der Waals surface area contributed by atoms with Crippen LogP contribution >= 0.6 is 0 Å². The molecule has 0 spiro atoms. The topological polar surface area (TPSA) is 49.8 Å². The van der Waals surface area contributed by atoms with E-state index in [1.807, 2.05) is 18.2 Å². The number of carboxylic acid groups (broad SMARTS) is 1. The summed E-state index contributed by atoms with van der Waals surface area (Å²) in [6.07, 6.45) is -2.53. The van der Waals surface area contributed by atoms with Crippen molar-refractivity contribution in [3.05, 3.63) is 70.3 Å². The second-order valence-electron chi connectivity index (χ2n) is 8.26. The highest BCUT2D eigenvalue weighted by atomic mass is 19.4. The summed E-state index contributed by atoms with van der Waals surface area (Å²) in [6, 6.07) is 10.9. The van der Waals surface area contributed by atoms with Crippen molar-refractivity contribution in [2.24, 2.45) is 5.92 Å². The first-order valence-electron chi connectivity index (χ1n) is 10.3. The maximum atomic E-state index is 12.7. The molecule has 1 N–H and O–H groups in total. The van der Waals surface area contributed by atoms with Crippen molar-refractivity contribution >= 4 is 11.5 Å². The number of nitrogens with zero attached hydrogens (tertiary/aromatic N) is 1. The van der Waals surface area contributed by atoms with Crippen LogP contribution in [0.3, 0.4) is 0 Å². The summed E-state index contributed by atoms with van der Waals surface area (Å²) in [5, 5.41) is 9.03. The van der Waals surface area contributed by atoms with Gasteiger partial charge in [0.2, 0.25) is 0 Å². The lowest BCUT2D eigenvalue weighted by atomic mass is 9.85. The Morgan fingerprint density at radius 1 is 1.13 bits per heavy atom. The summed E-state index contributed by atoms with van der Waals surface area (Å²) in [5.41, 5.74) is 4.96. The summed E-state index contributed by atoms with van der Waals surface area (Å²) in [6.45, 7) is 4.33. The monoisotopic (exact) mass is 431 g/mol. The normalized spacial score (nSPS) is 17.3. The molecular formula is C24H24F3NO3. The number of carboxylic acids is 1. The van der Waals surface area contributed by atoms with E-state index in [0.29, 0.717) is 24.4 Å². The van der Waals surface area contributed by atoms with E-state index in [-0.39, 0.29) is 12.5 Å². The van der Waals surface area contributed by atoms with Gasteiger partial charge in [0.1, 0.15) is 12.4 Å². The fraction of sp³-hybridized carbons (Fsp3) is 0.375. The smallest absolute Gasteiger partial charge is 0.416 e. The summed E-state index contributed by atoms with van der Waals surface area (Å²) < 4.78 is 43.8. The van der Waals surface area contributed by atoms with Gasteiger partial charge in [-0.15, -0.1) is 0 Å². The lowest BCUT2D eigenvalue weighted by Crippen LogP contribution is -2.50. The Morgan fingerprint density at radius 3 is 2.48 bits per heavy atom. The maximum absolute atomic E-state index is 12.7.